The molecule has 0 aliphatic rings. The van der Waals surface area contributed by atoms with Gasteiger partial charge >= 0.3 is 5.69 Å². The second kappa shape index (κ2) is 5.52. The maximum Gasteiger partial charge on any atom is 0.363 e. The summed E-state index contributed by atoms with van der Waals surface area (Å²) in [6, 6.07) is 0. The summed E-state index contributed by atoms with van der Waals surface area (Å²) in [7, 11) is 1.28. The second-order valence-corrected chi connectivity index (χ2v) is 4.35. The zero-order valence-corrected chi connectivity index (χ0v) is 11.0. The smallest absolute Gasteiger partial charge is 0.363 e. The van der Waals surface area contributed by atoms with Crippen LogP contribution in [0.4, 0.5) is 17.2 Å². The second-order valence-electron chi connectivity index (χ2n) is 3.37. The average molecular weight is 295 g/mol. The van der Waals surface area contributed by atoms with Crippen molar-refractivity contribution in [2.24, 2.45) is 0 Å². The van der Waals surface area contributed by atoms with Crippen molar-refractivity contribution in [2.75, 3.05) is 18.6 Å². The third-order valence-corrected chi connectivity index (χ3v) is 3.21. The molecule has 0 aliphatic carbocycles. The molecule has 0 aromatic carbocycles. The van der Waals surface area contributed by atoms with E-state index in [0.717, 1.165) is 18.1 Å². The molecule has 0 fully saturated rings. The molecule has 10 nitrogen and oxygen atoms in total. The van der Waals surface area contributed by atoms with Crippen LogP contribution < -0.4 is 16.2 Å². The van der Waals surface area contributed by atoms with E-state index in [1.165, 1.54) is 13.4 Å². The van der Waals surface area contributed by atoms with Gasteiger partial charge in [-0.3, -0.25) is 10.1 Å². The van der Waals surface area contributed by atoms with Gasteiger partial charge in [0.2, 0.25) is 0 Å². The van der Waals surface area contributed by atoms with Crippen molar-refractivity contribution in [3.63, 3.8) is 0 Å². The largest absolute Gasteiger partial charge is 0.476 e. The summed E-state index contributed by atoms with van der Waals surface area (Å²) in [4.78, 5) is 25.6. The first-order valence-corrected chi connectivity index (χ1v) is 5.93. The van der Waals surface area contributed by atoms with Crippen LogP contribution in [0.5, 0.6) is 5.88 Å². The van der Waals surface area contributed by atoms with Crippen molar-refractivity contribution in [2.45, 2.75) is 10.1 Å². The fraction of sp³-hybridized carbons (Fsp3) is 0.111. The quantitative estimate of drug-likeness (QED) is 0.462. The minimum Gasteiger partial charge on any atom is -0.476 e. The maximum atomic E-state index is 11.1. The van der Waals surface area contributed by atoms with Gasteiger partial charge < -0.3 is 16.2 Å². The molecule has 0 radical (unpaired) electrons. The van der Waals surface area contributed by atoms with Gasteiger partial charge in [-0.05, 0) is 11.8 Å². The number of aromatic nitrogens is 4. The monoisotopic (exact) mass is 295 g/mol. The molecule has 0 spiro atoms. The summed E-state index contributed by atoms with van der Waals surface area (Å²) in [6.45, 7) is 0. The van der Waals surface area contributed by atoms with Crippen LogP contribution in [0.2, 0.25) is 0 Å². The summed E-state index contributed by atoms with van der Waals surface area (Å²) in [6.07, 6.45) is 2.35. The van der Waals surface area contributed by atoms with Gasteiger partial charge in [0.1, 0.15) is 23.4 Å². The first-order valence-electron chi connectivity index (χ1n) is 5.11. The summed E-state index contributed by atoms with van der Waals surface area (Å²) in [5.41, 5.74) is 11.0. The van der Waals surface area contributed by atoms with Gasteiger partial charge in [0.25, 0.3) is 5.88 Å². The SMILES string of the molecule is COc1ncnc(Sc2ncnc(N)c2N)c1[N+](=O)[O-]. The van der Waals surface area contributed by atoms with Gasteiger partial charge in [0, 0.05) is 0 Å². The minimum atomic E-state index is -0.637. The number of anilines is 2. The minimum absolute atomic E-state index is 0.0478. The Hall–Kier alpha value is -2.69. The lowest BCUT2D eigenvalue weighted by Crippen LogP contribution is -2.03. The third-order valence-electron chi connectivity index (χ3n) is 2.20. The maximum absolute atomic E-state index is 11.1. The Kier molecular flexibility index (Phi) is 3.79. The molecule has 2 heterocycles. The van der Waals surface area contributed by atoms with Crippen LogP contribution in [-0.4, -0.2) is 32.0 Å². The van der Waals surface area contributed by atoms with E-state index < -0.39 is 4.92 Å². The molecule has 4 N–H and O–H groups in total. The normalized spacial score (nSPS) is 10.2. The zero-order chi connectivity index (χ0) is 14.7. The average Bonchev–Trinajstić information content (AvgIpc) is 2.43. The Balaban J connectivity index is 2.48. The van der Waals surface area contributed by atoms with E-state index in [-0.39, 0.29) is 33.1 Å². The fourth-order valence-corrected chi connectivity index (χ4v) is 2.15. The zero-order valence-electron chi connectivity index (χ0n) is 10.2. The van der Waals surface area contributed by atoms with Crippen LogP contribution in [0.25, 0.3) is 0 Å². The van der Waals surface area contributed by atoms with Gasteiger partial charge in [-0.1, -0.05) is 0 Å². The Bertz CT molecular complexity index is 666. The molecule has 2 rings (SSSR count). The van der Waals surface area contributed by atoms with Crippen molar-refractivity contribution < 1.29 is 9.66 Å². The molecule has 104 valence electrons. The predicted molar refractivity (Wildman–Crippen MR) is 70.2 cm³/mol. The molecule has 0 saturated heterocycles. The highest BCUT2D eigenvalue weighted by Gasteiger charge is 2.25. The number of rotatable bonds is 4. The highest BCUT2D eigenvalue weighted by Crippen LogP contribution is 2.39. The summed E-state index contributed by atoms with van der Waals surface area (Å²) in [5, 5.41) is 11.4. The molecule has 2 aromatic rings. The molecule has 0 saturated carbocycles. The van der Waals surface area contributed by atoms with E-state index in [1.807, 2.05) is 0 Å². The molecule has 0 atom stereocenters. The van der Waals surface area contributed by atoms with Crippen LogP contribution in [0.15, 0.2) is 22.7 Å². The molecular formula is C9H9N7O3S. The standard InChI is InChI=1S/C9H9N7O3S/c1-19-7-5(16(17)18)9(15-3-13-7)20-8-4(10)6(11)12-2-14-8/h2-3H,10H2,1H3,(H2,11,12,14). The van der Waals surface area contributed by atoms with E-state index >= 15 is 0 Å². The number of hydrogen-bond acceptors (Lipinski definition) is 10. The number of nitrogen functional groups attached to an aromatic ring is 2. The fourth-order valence-electron chi connectivity index (χ4n) is 1.29. The Labute approximate surface area is 116 Å². The third kappa shape index (κ3) is 2.51. The Morgan fingerprint density at radius 1 is 1.20 bits per heavy atom. The van der Waals surface area contributed by atoms with Crippen LogP contribution in [0, 0.1) is 10.1 Å². The highest BCUT2D eigenvalue weighted by atomic mass is 32.2. The first kappa shape index (κ1) is 13.7. The van der Waals surface area contributed by atoms with E-state index in [0.29, 0.717) is 0 Å². The number of nitrogens with zero attached hydrogens (tertiary/aromatic N) is 5. The van der Waals surface area contributed by atoms with Gasteiger partial charge in [0.15, 0.2) is 10.8 Å². The van der Waals surface area contributed by atoms with Crippen LogP contribution in [0.1, 0.15) is 0 Å². The number of ether oxygens (including phenoxy) is 1. The van der Waals surface area contributed by atoms with Crippen LogP contribution >= 0.6 is 11.8 Å². The number of nitro groups is 1. The van der Waals surface area contributed by atoms with Gasteiger partial charge in [-0.25, -0.2) is 15.0 Å². The van der Waals surface area contributed by atoms with E-state index in [1.54, 1.807) is 0 Å². The molecule has 2 aromatic heterocycles. The van der Waals surface area contributed by atoms with Crippen molar-refractivity contribution >= 4 is 29.0 Å². The predicted octanol–water partition coefficient (Wildman–Crippen LogP) is 0.499. The molecule has 20 heavy (non-hydrogen) atoms. The molecule has 0 amide bonds. The first-order chi connectivity index (χ1) is 9.54. The van der Waals surface area contributed by atoms with Crippen molar-refractivity contribution in [3.8, 4) is 5.88 Å². The Morgan fingerprint density at radius 3 is 2.50 bits per heavy atom. The van der Waals surface area contributed by atoms with Crippen molar-refractivity contribution in [1.29, 1.82) is 0 Å². The molecule has 0 bridgehead atoms. The summed E-state index contributed by atoms with van der Waals surface area (Å²) >= 11 is 0.884. The van der Waals surface area contributed by atoms with E-state index in [2.05, 4.69) is 19.9 Å². The molecule has 11 heteroatoms. The lowest BCUT2D eigenvalue weighted by molar-refractivity contribution is -0.389. The summed E-state index contributed by atoms with van der Waals surface area (Å²) in [5.74, 6) is -0.0562. The van der Waals surface area contributed by atoms with Crippen molar-refractivity contribution in [1.82, 2.24) is 19.9 Å². The van der Waals surface area contributed by atoms with Gasteiger partial charge in [-0.2, -0.15) is 4.98 Å². The molecular weight excluding hydrogens is 286 g/mol. The number of nitrogens with two attached hydrogens (primary N) is 2. The van der Waals surface area contributed by atoms with Gasteiger partial charge in [0.05, 0.1) is 12.0 Å². The van der Waals surface area contributed by atoms with Crippen LogP contribution in [0.3, 0.4) is 0 Å². The van der Waals surface area contributed by atoms with Gasteiger partial charge in [-0.15, -0.1) is 0 Å². The number of methoxy groups -OCH3 is 1. The lowest BCUT2D eigenvalue weighted by Gasteiger charge is -2.06. The van der Waals surface area contributed by atoms with E-state index in [4.69, 9.17) is 16.2 Å². The van der Waals surface area contributed by atoms with E-state index in [9.17, 15) is 10.1 Å². The highest BCUT2D eigenvalue weighted by molar-refractivity contribution is 7.99. The molecule has 0 unspecified atom stereocenters. The molecule has 0 aliphatic heterocycles. The topological polar surface area (TPSA) is 156 Å². The Morgan fingerprint density at radius 2 is 1.85 bits per heavy atom. The van der Waals surface area contributed by atoms with Crippen LogP contribution in [-0.2, 0) is 0 Å². The lowest BCUT2D eigenvalue weighted by atomic mass is 10.5. The number of hydrogen-bond donors (Lipinski definition) is 2. The summed E-state index contributed by atoms with van der Waals surface area (Å²) < 4.78 is 4.84. The van der Waals surface area contributed by atoms with Crippen molar-refractivity contribution in [3.05, 3.63) is 22.8 Å².